The van der Waals surface area contributed by atoms with Crippen LogP contribution in [0.25, 0.3) is 45.7 Å². The summed E-state index contributed by atoms with van der Waals surface area (Å²) >= 11 is 0. The quantitative estimate of drug-likeness (QED) is 0.0158. The van der Waals surface area contributed by atoms with Crippen LogP contribution in [0.15, 0.2) is 213 Å². The number of rotatable bonds is 13. The van der Waals surface area contributed by atoms with E-state index in [-0.39, 0.29) is 62.9 Å². The van der Waals surface area contributed by atoms with Crippen molar-refractivity contribution in [3.05, 3.63) is 262 Å². The summed E-state index contributed by atoms with van der Waals surface area (Å²) in [6, 6.07) is 51.0. The van der Waals surface area contributed by atoms with E-state index < -0.39 is 53.3 Å². The molecule has 0 radical (unpaired) electrons. The van der Waals surface area contributed by atoms with Gasteiger partial charge in [-0.25, -0.2) is 41.9 Å². The van der Waals surface area contributed by atoms with Crippen molar-refractivity contribution in [3.63, 3.8) is 0 Å². The fraction of sp³-hybridized carbons (Fsp3) is 0.0615. The van der Waals surface area contributed by atoms with Crippen LogP contribution in [0.3, 0.4) is 0 Å². The van der Waals surface area contributed by atoms with Crippen molar-refractivity contribution >= 4 is 47.5 Å². The van der Waals surface area contributed by atoms with Crippen LogP contribution in [-0.4, -0.2) is 107 Å². The summed E-state index contributed by atoms with van der Waals surface area (Å²) in [5.74, 6) is -5.12. The molecule has 0 spiro atoms. The summed E-state index contributed by atoms with van der Waals surface area (Å²) in [5, 5.41) is 39.8. The van der Waals surface area contributed by atoms with Crippen molar-refractivity contribution in [2.75, 3.05) is 28.4 Å². The number of halogens is 3. The molecule has 0 bridgehead atoms. The van der Waals surface area contributed by atoms with Crippen LogP contribution in [0, 0.1) is 28.8 Å². The van der Waals surface area contributed by atoms with Crippen LogP contribution >= 0.6 is 0 Å². The van der Waals surface area contributed by atoms with Crippen molar-refractivity contribution in [2.24, 2.45) is 21.8 Å². The van der Waals surface area contributed by atoms with Crippen LogP contribution in [0.1, 0.15) is 78.8 Å². The maximum atomic E-state index is 13.7. The molecular weight excluding hydrogens is 1200 g/mol. The van der Waals surface area contributed by atoms with Crippen molar-refractivity contribution in [1.29, 1.82) is 5.26 Å². The van der Waals surface area contributed by atoms with Gasteiger partial charge in [-0.2, -0.15) is 15.2 Å². The Bertz CT molecular complexity index is 4380. The first kappa shape index (κ1) is 68.0. The zero-order valence-corrected chi connectivity index (χ0v) is 48.6. The van der Waals surface area contributed by atoms with Crippen molar-refractivity contribution in [2.45, 2.75) is 0 Å². The number of nitriles is 1. The first-order valence-electron chi connectivity index (χ1n) is 26.3. The highest BCUT2D eigenvalue weighted by Crippen LogP contribution is 2.27. The molecule has 0 amide bonds. The van der Waals surface area contributed by atoms with Gasteiger partial charge in [-0.1, -0.05) is 112 Å². The van der Waals surface area contributed by atoms with Crippen molar-refractivity contribution < 1.29 is 85.1 Å². The Morgan fingerprint density at radius 3 is 1.28 bits per heavy atom. The summed E-state index contributed by atoms with van der Waals surface area (Å²) in [7, 11) is 5.15. The van der Waals surface area contributed by atoms with Crippen LogP contribution in [0.5, 0.6) is 0 Å². The Morgan fingerprint density at radius 1 is 0.467 bits per heavy atom. The SMILES string of the molecule is COC(=O)c1cccc(-c2noc(-c3ccccc3F)n2)c1.COC(=O)c1cccc(/C(N)=N/O)c1.COC(=O)c1cccc(/C(N)=N/OC(=O)c2ccccc2F)c1.COC(=O)c1cccc(C#N)c1.O=C(O)c1cccc(-c2noc(-c3ccccc3F)n2)c1. The lowest BCUT2D eigenvalue weighted by atomic mass is 10.1. The van der Waals surface area contributed by atoms with Gasteiger partial charge >= 0.3 is 35.8 Å². The smallest absolute Gasteiger partial charge is 0.368 e. The molecule has 2 aromatic heterocycles. The van der Waals surface area contributed by atoms with Gasteiger partial charge in [0.25, 0.3) is 11.8 Å². The number of nitrogens with two attached hydrogens (primary N) is 2. The minimum atomic E-state index is -1.05. The topological polar surface area (TPSA) is 367 Å². The van der Waals surface area contributed by atoms with E-state index in [1.807, 2.05) is 6.07 Å². The third-order valence-electron chi connectivity index (χ3n) is 12.0. The second-order valence-electron chi connectivity index (χ2n) is 17.9. The van der Waals surface area contributed by atoms with Gasteiger partial charge in [0.15, 0.2) is 11.7 Å². The normalized spacial score (nSPS) is 10.5. The number of nitrogens with zero attached hydrogens (tertiary/aromatic N) is 7. The van der Waals surface area contributed by atoms with E-state index in [4.69, 9.17) is 36.1 Å². The molecule has 0 aliphatic carbocycles. The third kappa shape index (κ3) is 18.9. The van der Waals surface area contributed by atoms with Gasteiger partial charge in [0, 0.05) is 22.3 Å². The van der Waals surface area contributed by atoms with Crippen molar-refractivity contribution in [3.8, 4) is 51.8 Å². The highest BCUT2D eigenvalue weighted by Gasteiger charge is 2.19. The summed E-state index contributed by atoms with van der Waals surface area (Å²) in [6.07, 6.45) is 0. The van der Waals surface area contributed by atoms with E-state index in [0.29, 0.717) is 44.5 Å². The molecule has 0 fully saturated rings. The highest BCUT2D eigenvalue weighted by molar-refractivity contribution is 6.01. The number of ether oxygens (including phenoxy) is 4. The second-order valence-corrected chi connectivity index (χ2v) is 17.9. The minimum absolute atomic E-state index is 0.0452. The predicted octanol–water partition coefficient (Wildman–Crippen LogP) is 10.6. The van der Waals surface area contributed by atoms with Crippen LogP contribution in [0.2, 0.25) is 0 Å². The molecule has 0 atom stereocenters. The van der Waals surface area contributed by atoms with E-state index in [0.717, 1.165) is 6.07 Å². The van der Waals surface area contributed by atoms with Gasteiger partial charge in [-0.3, -0.25) is 0 Å². The molecule has 92 heavy (non-hydrogen) atoms. The molecule has 0 aliphatic heterocycles. The lowest BCUT2D eigenvalue weighted by Crippen LogP contribution is -2.16. The number of carboxylic acids is 1. The zero-order chi connectivity index (χ0) is 66.7. The number of hydrogen-bond donors (Lipinski definition) is 4. The van der Waals surface area contributed by atoms with Crippen LogP contribution in [-0.2, 0) is 23.8 Å². The number of carboxylic acid groups (broad SMARTS) is 1. The number of carbonyl (C=O) groups is 6. The predicted molar refractivity (Wildman–Crippen MR) is 322 cm³/mol. The molecule has 10 aromatic rings. The Morgan fingerprint density at radius 2 is 0.848 bits per heavy atom. The zero-order valence-electron chi connectivity index (χ0n) is 48.6. The molecule has 10 rings (SSSR count). The maximum absolute atomic E-state index is 13.7. The first-order valence-corrected chi connectivity index (χ1v) is 26.3. The van der Waals surface area contributed by atoms with Gasteiger partial charge in [0.1, 0.15) is 17.5 Å². The fourth-order valence-electron chi connectivity index (χ4n) is 7.42. The Hall–Kier alpha value is -13.1. The molecule has 0 aliphatic rings. The lowest BCUT2D eigenvalue weighted by molar-refractivity contribution is 0.0507. The van der Waals surface area contributed by atoms with Gasteiger partial charge in [-0.05, 0) is 103 Å². The van der Waals surface area contributed by atoms with E-state index in [1.165, 1.54) is 101 Å². The van der Waals surface area contributed by atoms with E-state index in [1.54, 1.807) is 115 Å². The largest absolute Gasteiger partial charge is 0.478 e. The highest BCUT2D eigenvalue weighted by atomic mass is 19.1. The second kappa shape index (κ2) is 33.7. The molecular formula is C65H50F3N9O15. The maximum Gasteiger partial charge on any atom is 0.368 e. The fourth-order valence-corrected chi connectivity index (χ4v) is 7.42. The molecule has 24 nitrogen and oxygen atoms in total. The first-order chi connectivity index (χ1) is 44.3. The average Bonchev–Trinajstić information content (AvgIpc) is 1.88. The molecule has 0 saturated heterocycles. The van der Waals surface area contributed by atoms with E-state index >= 15 is 0 Å². The Kier molecular flexibility index (Phi) is 24.9. The minimum Gasteiger partial charge on any atom is -0.478 e. The third-order valence-corrected chi connectivity index (χ3v) is 12.0. The van der Waals surface area contributed by atoms with E-state index in [2.05, 4.69) is 54.4 Å². The average molecular weight is 1250 g/mol. The number of carbonyl (C=O) groups excluding carboxylic acids is 5. The number of aromatic nitrogens is 4. The number of hydrogen-bond acceptors (Lipinski definition) is 21. The number of oxime groups is 2. The molecule has 0 unspecified atom stereocenters. The summed E-state index contributed by atoms with van der Waals surface area (Å²) in [5.41, 5.74) is 15.1. The molecule has 8 aromatic carbocycles. The Labute approximate surface area is 519 Å². The molecule has 27 heteroatoms. The number of amidine groups is 2. The number of methoxy groups -OCH3 is 4. The molecule has 6 N–H and O–H groups in total. The Balaban J connectivity index is 0.000000186. The van der Waals surface area contributed by atoms with Crippen LogP contribution in [0.4, 0.5) is 13.2 Å². The standard InChI is InChI=1S/C16H13FN2O4.C16H11FN2O3.C15H9FN2O3.C9H10N2O3.C9H7NO2/c1-22-15(20)11-6-4-5-10(9-11)14(18)19-23-16(21)12-7-2-3-8-13(12)17;1-21-16(20)11-6-4-5-10(9-11)14-18-15(22-19-14)12-7-2-3-8-13(12)17;16-12-7-2-1-6-11(12)14-17-13(18-21-14)9-4-3-5-10(8-9)15(19)20;1-14-9(12)7-4-2-3-6(5-7)8(10)11-13;1-12-9(11)8-4-2-3-7(5-8)6-10/h2-9H,1H3,(H2,18,19);2-9H,1H3;1-8H,(H,19,20);2-5,13H,1H3,(H2,10,11);2-5H,1H3. The number of aromatic carboxylic acids is 1. The molecule has 466 valence electrons. The van der Waals surface area contributed by atoms with Crippen LogP contribution < -0.4 is 11.5 Å². The van der Waals surface area contributed by atoms with Gasteiger partial charge < -0.3 is 54.6 Å². The monoisotopic (exact) mass is 1250 g/mol. The summed E-state index contributed by atoms with van der Waals surface area (Å²) in [4.78, 5) is 80.6. The van der Waals surface area contributed by atoms with Crippen molar-refractivity contribution in [1.82, 2.24) is 20.3 Å². The molecule has 2 heterocycles. The van der Waals surface area contributed by atoms with E-state index in [9.17, 15) is 41.9 Å². The number of esters is 4. The molecule has 0 saturated carbocycles. The van der Waals surface area contributed by atoms with Gasteiger partial charge in [0.05, 0.1) is 84.6 Å². The lowest BCUT2D eigenvalue weighted by Gasteiger charge is -2.04. The summed E-state index contributed by atoms with van der Waals surface area (Å²) < 4.78 is 69.2. The summed E-state index contributed by atoms with van der Waals surface area (Å²) in [6.45, 7) is 0. The number of benzene rings is 8. The van der Waals surface area contributed by atoms with Gasteiger partial charge in [-0.15, -0.1) is 0 Å². The van der Waals surface area contributed by atoms with Gasteiger partial charge in [0.2, 0.25) is 11.6 Å².